The summed E-state index contributed by atoms with van der Waals surface area (Å²) in [5.41, 5.74) is 0.0890. The van der Waals surface area contributed by atoms with Gasteiger partial charge in [-0.3, -0.25) is 14.9 Å². The Bertz CT molecular complexity index is 470. The maximum atomic E-state index is 12.1. The highest BCUT2D eigenvalue weighted by molar-refractivity contribution is 14.1. The lowest BCUT2D eigenvalue weighted by molar-refractivity contribution is -0.385. The Kier molecular flexibility index (Phi) is 3.60. The van der Waals surface area contributed by atoms with E-state index in [1.54, 1.807) is 17.0 Å². The van der Waals surface area contributed by atoms with Crippen molar-refractivity contribution in [3.8, 4) is 0 Å². The number of hydrogen-bond donors (Lipinski definition) is 0. The van der Waals surface area contributed by atoms with Crippen LogP contribution in [0.4, 0.5) is 5.69 Å². The van der Waals surface area contributed by atoms with Gasteiger partial charge in [0.2, 0.25) is 0 Å². The van der Waals surface area contributed by atoms with Crippen LogP contribution in [0.3, 0.4) is 0 Å². The van der Waals surface area contributed by atoms with Crippen LogP contribution >= 0.6 is 22.6 Å². The SMILES string of the molecule is O=C(c1ccc(I)cc1[N+](=O)[O-])N1CCCC1. The van der Waals surface area contributed by atoms with Gasteiger partial charge in [-0.25, -0.2) is 0 Å². The number of nitro groups is 1. The molecule has 1 aliphatic heterocycles. The molecular formula is C11H11IN2O3. The van der Waals surface area contributed by atoms with Crippen molar-refractivity contribution < 1.29 is 9.72 Å². The molecule has 0 unspecified atom stereocenters. The van der Waals surface area contributed by atoms with Crippen LogP contribution in [-0.2, 0) is 0 Å². The lowest BCUT2D eigenvalue weighted by Gasteiger charge is -2.15. The number of nitro benzene ring substituents is 1. The molecule has 0 spiro atoms. The van der Waals surface area contributed by atoms with Crippen LogP contribution in [0.5, 0.6) is 0 Å². The van der Waals surface area contributed by atoms with E-state index < -0.39 is 4.92 Å². The van der Waals surface area contributed by atoms with Gasteiger partial charge >= 0.3 is 0 Å². The van der Waals surface area contributed by atoms with Gasteiger partial charge < -0.3 is 4.90 Å². The highest BCUT2D eigenvalue weighted by Crippen LogP contribution is 2.24. The van der Waals surface area contributed by atoms with E-state index >= 15 is 0 Å². The third kappa shape index (κ3) is 2.56. The molecule has 1 amide bonds. The van der Waals surface area contributed by atoms with Crippen LogP contribution in [-0.4, -0.2) is 28.8 Å². The number of rotatable bonds is 2. The fourth-order valence-electron chi connectivity index (χ4n) is 1.93. The molecule has 1 aromatic rings. The molecule has 1 aromatic carbocycles. The van der Waals surface area contributed by atoms with Crippen molar-refractivity contribution >= 4 is 34.2 Å². The quantitative estimate of drug-likeness (QED) is 0.469. The monoisotopic (exact) mass is 346 g/mol. The minimum Gasteiger partial charge on any atom is -0.338 e. The van der Waals surface area contributed by atoms with E-state index in [1.165, 1.54) is 6.07 Å². The van der Waals surface area contributed by atoms with E-state index in [9.17, 15) is 14.9 Å². The van der Waals surface area contributed by atoms with Gasteiger partial charge in [-0.1, -0.05) is 0 Å². The highest BCUT2D eigenvalue weighted by Gasteiger charge is 2.26. The number of carbonyl (C=O) groups is 1. The summed E-state index contributed by atoms with van der Waals surface area (Å²) in [5.74, 6) is -0.231. The van der Waals surface area contributed by atoms with Crippen molar-refractivity contribution in [1.29, 1.82) is 0 Å². The molecule has 6 heteroatoms. The van der Waals surface area contributed by atoms with Crippen molar-refractivity contribution in [3.05, 3.63) is 37.4 Å². The van der Waals surface area contributed by atoms with Crippen molar-refractivity contribution in [2.45, 2.75) is 12.8 Å². The van der Waals surface area contributed by atoms with E-state index in [0.29, 0.717) is 13.1 Å². The lowest BCUT2D eigenvalue weighted by atomic mass is 10.1. The average Bonchev–Trinajstić information content (AvgIpc) is 2.81. The van der Waals surface area contributed by atoms with E-state index in [1.807, 2.05) is 22.6 Å². The van der Waals surface area contributed by atoms with Crippen molar-refractivity contribution in [2.24, 2.45) is 0 Å². The van der Waals surface area contributed by atoms with Crippen LogP contribution in [0.25, 0.3) is 0 Å². The number of nitrogens with zero attached hydrogens (tertiary/aromatic N) is 2. The highest BCUT2D eigenvalue weighted by atomic mass is 127. The summed E-state index contributed by atoms with van der Waals surface area (Å²) >= 11 is 2.00. The van der Waals surface area contributed by atoms with E-state index in [2.05, 4.69) is 0 Å². The molecule has 17 heavy (non-hydrogen) atoms. The van der Waals surface area contributed by atoms with Crippen LogP contribution in [0.15, 0.2) is 18.2 Å². The molecule has 0 radical (unpaired) electrons. The van der Waals surface area contributed by atoms with Crippen molar-refractivity contribution in [2.75, 3.05) is 13.1 Å². The molecule has 90 valence electrons. The Hall–Kier alpha value is -1.18. The maximum absolute atomic E-state index is 12.1. The fraction of sp³-hybridized carbons (Fsp3) is 0.364. The zero-order chi connectivity index (χ0) is 12.4. The Labute approximate surface area is 112 Å². The molecular weight excluding hydrogens is 335 g/mol. The largest absolute Gasteiger partial charge is 0.338 e. The molecule has 1 saturated heterocycles. The summed E-state index contributed by atoms with van der Waals surface area (Å²) < 4.78 is 0.757. The fourth-order valence-corrected chi connectivity index (χ4v) is 2.40. The number of likely N-dealkylation sites (tertiary alicyclic amines) is 1. The number of halogens is 1. The van der Waals surface area contributed by atoms with Crippen LogP contribution in [0.1, 0.15) is 23.2 Å². The molecule has 1 heterocycles. The normalized spacial score (nSPS) is 15.0. The van der Waals surface area contributed by atoms with Gasteiger partial charge in [-0.2, -0.15) is 0 Å². The molecule has 0 aliphatic carbocycles. The standard InChI is InChI=1S/C11H11IN2O3/c12-8-3-4-9(10(7-8)14(16)17)11(15)13-5-1-2-6-13/h3-4,7H,1-2,5-6H2. The van der Waals surface area contributed by atoms with Gasteiger partial charge in [0.05, 0.1) is 4.92 Å². The predicted molar refractivity (Wildman–Crippen MR) is 71.0 cm³/mol. The maximum Gasteiger partial charge on any atom is 0.283 e. The van der Waals surface area contributed by atoms with Gasteiger partial charge in [0.1, 0.15) is 5.56 Å². The smallest absolute Gasteiger partial charge is 0.283 e. The second-order valence-electron chi connectivity index (χ2n) is 3.92. The summed E-state index contributed by atoms with van der Waals surface area (Å²) in [6.45, 7) is 1.39. The third-order valence-corrected chi connectivity index (χ3v) is 3.45. The van der Waals surface area contributed by atoms with Crippen LogP contribution in [0.2, 0.25) is 0 Å². The van der Waals surface area contributed by atoms with Crippen LogP contribution < -0.4 is 0 Å². The lowest BCUT2D eigenvalue weighted by Crippen LogP contribution is -2.28. The predicted octanol–water partition coefficient (Wildman–Crippen LogP) is 2.44. The Morgan fingerprint density at radius 3 is 2.59 bits per heavy atom. The topological polar surface area (TPSA) is 63.4 Å². The first-order valence-electron chi connectivity index (χ1n) is 5.33. The summed E-state index contributed by atoms with van der Waals surface area (Å²) in [6, 6.07) is 4.70. The first-order valence-corrected chi connectivity index (χ1v) is 6.40. The molecule has 1 fully saturated rings. The molecule has 0 N–H and O–H groups in total. The summed E-state index contributed by atoms with van der Waals surface area (Å²) in [4.78, 5) is 24.2. The number of carbonyl (C=O) groups excluding carboxylic acids is 1. The molecule has 0 saturated carbocycles. The molecule has 0 bridgehead atoms. The van der Waals surface area contributed by atoms with E-state index in [-0.39, 0.29) is 17.2 Å². The second kappa shape index (κ2) is 4.99. The van der Waals surface area contributed by atoms with Gasteiger partial charge in [0.15, 0.2) is 0 Å². The molecule has 0 atom stereocenters. The van der Waals surface area contributed by atoms with Gasteiger partial charge in [0, 0.05) is 22.7 Å². The van der Waals surface area contributed by atoms with Gasteiger partial charge in [0.25, 0.3) is 11.6 Å². The zero-order valence-corrected chi connectivity index (χ0v) is 11.2. The minimum atomic E-state index is -0.495. The zero-order valence-electron chi connectivity index (χ0n) is 9.06. The van der Waals surface area contributed by atoms with Crippen molar-refractivity contribution in [3.63, 3.8) is 0 Å². The number of amides is 1. The molecule has 2 rings (SSSR count). The Morgan fingerprint density at radius 2 is 2.00 bits per heavy atom. The molecule has 5 nitrogen and oxygen atoms in total. The third-order valence-electron chi connectivity index (χ3n) is 2.78. The molecule has 0 aromatic heterocycles. The Balaban J connectivity index is 2.36. The first kappa shape index (κ1) is 12.3. The number of hydrogen-bond acceptors (Lipinski definition) is 3. The number of benzene rings is 1. The summed E-state index contributed by atoms with van der Waals surface area (Å²) in [6.07, 6.45) is 1.95. The van der Waals surface area contributed by atoms with Crippen LogP contribution in [0, 0.1) is 13.7 Å². The van der Waals surface area contributed by atoms with E-state index in [0.717, 1.165) is 16.4 Å². The van der Waals surface area contributed by atoms with E-state index in [4.69, 9.17) is 0 Å². The first-order chi connectivity index (χ1) is 8.09. The van der Waals surface area contributed by atoms with Gasteiger partial charge in [-0.15, -0.1) is 0 Å². The Morgan fingerprint density at radius 1 is 1.35 bits per heavy atom. The summed E-state index contributed by atoms with van der Waals surface area (Å²) in [5, 5.41) is 10.9. The molecule has 1 aliphatic rings. The second-order valence-corrected chi connectivity index (χ2v) is 5.16. The average molecular weight is 346 g/mol. The summed E-state index contributed by atoms with van der Waals surface area (Å²) in [7, 11) is 0. The minimum absolute atomic E-state index is 0.103. The van der Waals surface area contributed by atoms with Gasteiger partial charge in [-0.05, 0) is 47.6 Å². The van der Waals surface area contributed by atoms with Crippen molar-refractivity contribution in [1.82, 2.24) is 4.90 Å².